The Morgan fingerprint density at radius 3 is 2.71 bits per heavy atom. The average molecular weight is 279 g/mol. The highest BCUT2D eigenvalue weighted by Crippen LogP contribution is 2.35. The van der Waals surface area contributed by atoms with Gasteiger partial charge in [0.2, 0.25) is 0 Å². The number of carbonyl (C=O) groups is 1. The fourth-order valence-corrected chi connectivity index (χ4v) is 2.39. The highest BCUT2D eigenvalue weighted by Gasteiger charge is 2.13. The molecule has 0 bridgehead atoms. The van der Waals surface area contributed by atoms with Crippen molar-refractivity contribution in [2.45, 2.75) is 0 Å². The first-order chi connectivity index (χ1) is 10.2. The summed E-state index contributed by atoms with van der Waals surface area (Å²) in [6.45, 7) is 0. The van der Waals surface area contributed by atoms with Gasteiger partial charge in [0.1, 0.15) is 5.75 Å². The average Bonchev–Trinajstić information content (AvgIpc) is 2.53. The van der Waals surface area contributed by atoms with Crippen LogP contribution in [0.1, 0.15) is 10.4 Å². The number of carboxylic acid groups (broad SMARTS) is 1. The molecule has 0 saturated carbocycles. The second-order valence-corrected chi connectivity index (χ2v) is 4.60. The SMILES string of the molecule is COc1ccc(C(=O)O)cc1-c1cccc2ncccc12. The maximum absolute atomic E-state index is 11.2. The summed E-state index contributed by atoms with van der Waals surface area (Å²) >= 11 is 0. The molecule has 0 spiro atoms. The molecule has 104 valence electrons. The number of aromatic nitrogens is 1. The van der Waals surface area contributed by atoms with Gasteiger partial charge in [0.05, 0.1) is 18.2 Å². The van der Waals surface area contributed by atoms with Crippen molar-refractivity contribution in [3.63, 3.8) is 0 Å². The van der Waals surface area contributed by atoms with Crippen molar-refractivity contribution in [1.82, 2.24) is 4.98 Å². The van der Waals surface area contributed by atoms with Gasteiger partial charge in [0.25, 0.3) is 0 Å². The van der Waals surface area contributed by atoms with Crippen molar-refractivity contribution in [2.24, 2.45) is 0 Å². The van der Waals surface area contributed by atoms with Gasteiger partial charge < -0.3 is 9.84 Å². The van der Waals surface area contributed by atoms with E-state index in [0.29, 0.717) is 5.75 Å². The molecule has 0 radical (unpaired) electrons. The molecule has 1 N–H and O–H groups in total. The van der Waals surface area contributed by atoms with Gasteiger partial charge in [-0.15, -0.1) is 0 Å². The molecule has 0 aliphatic carbocycles. The van der Waals surface area contributed by atoms with Crippen LogP contribution in [0.15, 0.2) is 54.7 Å². The number of ether oxygens (including phenoxy) is 1. The molecular formula is C17H13NO3. The van der Waals surface area contributed by atoms with Gasteiger partial charge in [-0.1, -0.05) is 18.2 Å². The third-order valence-corrected chi connectivity index (χ3v) is 3.38. The minimum Gasteiger partial charge on any atom is -0.496 e. The number of pyridine rings is 1. The zero-order valence-corrected chi connectivity index (χ0v) is 11.4. The molecule has 0 saturated heterocycles. The summed E-state index contributed by atoms with van der Waals surface area (Å²) in [4.78, 5) is 15.5. The molecule has 4 nitrogen and oxygen atoms in total. The van der Waals surface area contributed by atoms with Crippen LogP contribution in [0.2, 0.25) is 0 Å². The topological polar surface area (TPSA) is 59.4 Å². The summed E-state index contributed by atoms with van der Waals surface area (Å²) in [6, 6.07) is 14.4. The van der Waals surface area contributed by atoms with Crippen molar-refractivity contribution in [3.8, 4) is 16.9 Å². The number of carboxylic acids is 1. The van der Waals surface area contributed by atoms with Crippen LogP contribution >= 0.6 is 0 Å². The Hall–Kier alpha value is -2.88. The second-order valence-electron chi connectivity index (χ2n) is 4.60. The molecule has 4 heteroatoms. The molecule has 0 fully saturated rings. The monoisotopic (exact) mass is 279 g/mol. The normalized spacial score (nSPS) is 10.5. The van der Waals surface area contributed by atoms with Gasteiger partial charge in [-0.05, 0) is 35.9 Å². The first-order valence-corrected chi connectivity index (χ1v) is 6.46. The van der Waals surface area contributed by atoms with Crippen LogP contribution in [0, 0.1) is 0 Å². The molecule has 1 heterocycles. The van der Waals surface area contributed by atoms with E-state index in [0.717, 1.165) is 22.0 Å². The number of fused-ring (bicyclic) bond motifs is 1. The largest absolute Gasteiger partial charge is 0.496 e. The lowest BCUT2D eigenvalue weighted by Crippen LogP contribution is -1.98. The summed E-state index contributed by atoms with van der Waals surface area (Å²) in [6.07, 6.45) is 1.73. The lowest BCUT2D eigenvalue weighted by Gasteiger charge is -2.12. The van der Waals surface area contributed by atoms with Crippen LogP contribution in [-0.2, 0) is 0 Å². The Bertz CT molecular complexity index is 822. The van der Waals surface area contributed by atoms with E-state index in [1.807, 2.05) is 30.3 Å². The highest BCUT2D eigenvalue weighted by atomic mass is 16.5. The third-order valence-electron chi connectivity index (χ3n) is 3.38. The van der Waals surface area contributed by atoms with Gasteiger partial charge in [-0.3, -0.25) is 4.98 Å². The van der Waals surface area contributed by atoms with Gasteiger partial charge in [0, 0.05) is 17.1 Å². The second kappa shape index (κ2) is 5.25. The van der Waals surface area contributed by atoms with Crippen molar-refractivity contribution in [1.29, 1.82) is 0 Å². The Labute approximate surface area is 121 Å². The summed E-state index contributed by atoms with van der Waals surface area (Å²) in [5.41, 5.74) is 2.74. The maximum Gasteiger partial charge on any atom is 0.335 e. The number of nitrogens with zero attached hydrogens (tertiary/aromatic N) is 1. The van der Waals surface area contributed by atoms with Crippen LogP contribution < -0.4 is 4.74 Å². The van der Waals surface area contributed by atoms with Gasteiger partial charge in [-0.25, -0.2) is 4.79 Å². The molecule has 21 heavy (non-hydrogen) atoms. The molecule has 0 unspecified atom stereocenters. The summed E-state index contributed by atoms with van der Waals surface area (Å²) < 4.78 is 5.37. The smallest absolute Gasteiger partial charge is 0.335 e. The van der Waals surface area contributed by atoms with Crippen molar-refractivity contribution < 1.29 is 14.6 Å². The number of hydrogen-bond acceptors (Lipinski definition) is 3. The van der Waals surface area contributed by atoms with Crippen LogP contribution in [0.3, 0.4) is 0 Å². The summed E-state index contributed by atoms with van der Waals surface area (Å²) in [7, 11) is 1.57. The van der Waals surface area contributed by atoms with Crippen LogP contribution in [0.5, 0.6) is 5.75 Å². The molecule has 1 aromatic heterocycles. The lowest BCUT2D eigenvalue weighted by molar-refractivity contribution is 0.0697. The summed E-state index contributed by atoms with van der Waals surface area (Å²) in [5, 5.41) is 10.1. The summed E-state index contributed by atoms with van der Waals surface area (Å²) in [5.74, 6) is -0.325. The molecule has 3 aromatic rings. The zero-order chi connectivity index (χ0) is 14.8. The molecule has 2 aromatic carbocycles. The quantitative estimate of drug-likeness (QED) is 0.795. The number of rotatable bonds is 3. The van der Waals surface area contributed by atoms with E-state index in [-0.39, 0.29) is 5.56 Å². The van der Waals surface area contributed by atoms with Crippen LogP contribution in [0.25, 0.3) is 22.0 Å². The number of methoxy groups -OCH3 is 1. The minimum absolute atomic E-state index is 0.228. The Morgan fingerprint density at radius 2 is 1.95 bits per heavy atom. The molecular weight excluding hydrogens is 266 g/mol. The van der Waals surface area contributed by atoms with Gasteiger partial charge in [0.15, 0.2) is 0 Å². The van der Waals surface area contributed by atoms with Crippen molar-refractivity contribution in [3.05, 3.63) is 60.3 Å². The van der Waals surface area contributed by atoms with E-state index in [2.05, 4.69) is 4.98 Å². The molecule has 0 amide bonds. The minimum atomic E-state index is -0.961. The highest BCUT2D eigenvalue weighted by molar-refractivity contribution is 5.98. The fourth-order valence-electron chi connectivity index (χ4n) is 2.39. The standard InChI is InChI=1S/C17H13NO3/c1-21-16-8-7-11(17(19)20)10-14(16)12-4-2-6-15-13(12)5-3-9-18-15/h2-10H,1H3,(H,19,20). The molecule has 0 atom stereocenters. The molecule has 0 aliphatic heterocycles. The van der Waals surface area contributed by atoms with Gasteiger partial charge in [-0.2, -0.15) is 0 Å². The van der Waals surface area contributed by atoms with Crippen LogP contribution in [0.4, 0.5) is 0 Å². The van der Waals surface area contributed by atoms with E-state index in [9.17, 15) is 9.90 Å². The number of aromatic carboxylic acids is 1. The number of benzene rings is 2. The van der Waals surface area contributed by atoms with Crippen molar-refractivity contribution in [2.75, 3.05) is 7.11 Å². The number of hydrogen-bond donors (Lipinski definition) is 1. The first kappa shape index (κ1) is 13.1. The van der Waals surface area contributed by atoms with Crippen molar-refractivity contribution >= 4 is 16.9 Å². The Kier molecular flexibility index (Phi) is 3.28. The van der Waals surface area contributed by atoms with E-state index in [4.69, 9.17) is 4.74 Å². The van der Waals surface area contributed by atoms with E-state index in [1.54, 1.807) is 25.4 Å². The van der Waals surface area contributed by atoms with E-state index in [1.165, 1.54) is 6.07 Å². The zero-order valence-electron chi connectivity index (χ0n) is 11.4. The van der Waals surface area contributed by atoms with Crippen LogP contribution in [-0.4, -0.2) is 23.2 Å². The predicted molar refractivity (Wildman–Crippen MR) is 80.7 cm³/mol. The Balaban J connectivity index is 2.31. The first-order valence-electron chi connectivity index (χ1n) is 6.46. The third kappa shape index (κ3) is 2.31. The lowest BCUT2D eigenvalue weighted by atomic mass is 9.98. The maximum atomic E-state index is 11.2. The molecule has 3 rings (SSSR count). The van der Waals surface area contributed by atoms with E-state index < -0.39 is 5.97 Å². The molecule has 0 aliphatic rings. The van der Waals surface area contributed by atoms with E-state index >= 15 is 0 Å². The Morgan fingerprint density at radius 1 is 1.10 bits per heavy atom. The predicted octanol–water partition coefficient (Wildman–Crippen LogP) is 3.61. The fraction of sp³-hybridized carbons (Fsp3) is 0.0588. The van der Waals surface area contributed by atoms with Gasteiger partial charge >= 0.3 is 5.97 Å².